The van der Waals surface area contributed by atoms with Gasteiger partial charge in [0.05, 0.1) is 24.0 Å². The zero-order valence-corrected chi connectivity index (χ0v) is 14.6. The van der Waals surface area contributed by atoms with Crippen LogP contribution in [0.4, 0.5) is 0 Å². The molecule has 0 atom stereocenters. The molecular formula is C23H17N3O. The summed E-state index contributed by atoms with van der Waals surface area (Å²) in [6.07, 6.45) is 2.50. The van der Waals surface area contributed by atoms with Crippen molar-refractivity contribution in [3.8, 4) is 16.9 Å². The third-order valence-corrected chi connectivity index (χ3v) is 4.57. The number of nitrogens with zero attached hydrogens (tertiary/aromatic N) is 3. The van der Waals surface area contributed by atoms with Crippen LogP contribution in [-0.2, 0) is 6.42 Å². The average molecular weight is 351 g/mol. The fraction of sp³-hybridized carbons (Fsp3) is 0.0435. The molecule has 0 unspecified atom stereocenters. The van der Waals surface area contributed by atoms with E-state index < -0.39 is 0 Å². The van der Waals surface area contributed by atoms with Gasteiger partial charge in [0.1, 0.15) is 5.52 Å². The van der Waals surface area contributed by atoms with Crippen molar-refractivity contribution in [2.45, 2.75) is 6.42 Å². The van der Waals surface area contributed by atoms with Crippen LogP contribution in [0.5, 0.6) is 0 Å². The third-order valence-electron chi connectivity index (χ3n) is 4.57. The summed E-state index contributed by atoms with van der Waals surface area (Å²) in [5, 5.41) is 4.66. The van der Waals surface area contributed by atoms with E-state index in [0.29, 0.717) is 12.3 Å². The number of hydrogen-bond acceptors (Lipinski definition) is 3. The number of aromatic nitrogens is 3. The van der Waals surface area contributed by atoms with Gasteiger partial charge < -0.3 is 4.42 Å². The molecule has 0 aliphatic carbocycles. The maximum Gasteiger partial charge on any atom is 0.200 e. The molecule has 2 heterocycles. The Kier molecular flexibility index (Phi) is 3.79. The van der Waals surface area contributed by atoms with Crippen LogP contribution in [0.2, 0.25) is 0 Å². The van der Waals surface area contributed by atoms with E-state index in [9.17, 15) is 0 Å². The molecule has 4 nitrogen and oxygen atoms in total. The predicted molar refractivity (Wildman–Crippen MR) is 106 cm³/mol. The summed E-state index contributed by atoms with van der Waals surface area (Å²) in [6.45, 7) is 0. The van der Waals surface area contributed by atoms with E-state index in [1.165, 1.54) is 0 Å². The summed E-state index contributed by atoms with van der Waals surface area (Å²) in [5.41, 5.74) is 5.97. The fourth-order valence-electron chi connectivity index (χ4n) is 3.34. The van der Waals surface area contributed by atoms with E-state index in [0.717, 1.165) is 33.6 Å². The van der Waals surface area contributed by atoms with Crippen LogP contribution in [-0.4, -0.2) is 14.8 Å². The first-order chi connectivity index (χ1) is 13.4. The van der Waals surface area contributed by atoms with Crippen LogP contribution in [0.15, 0.2) is 95.5 Å². The van der Waals surface area contributed by atoms with Crippen molar-refractivity contribution in [2.24, 2.45) is 0 Å². The lowest BCUT2D eigenvalue weighted by atomic mass is 10.1. The second-order valence-electron chi connectivity index (χ2n) is 6.38. The van der Waals surface area contributed by atoms with E-state index in [1.54, 1.807) is 0 Å². The second-order valence-corrected chi connectivity index (χ2v) is 6.38. The highest BCUT2D eigenvalue weighted by Gasteiger charge is 2.17. The average Bonchev–Trinajstić information content (AvgIpc) is 3.33. The largest absolute Gasteiger partial charge is 0.440 e. The first-order valence-corrected chi connectivity index (χ1v) is 8.91. The lowest BCUT2D eigenvalue weighted by molar-refractivity contribution is 0.544. The van der Waals surface area contributed by atoms with Gasteiger partial charge >= 0.3 is 0 Å². The molecule has 27 heavy (non-hydrogen) atoms. The van der Waals surface area contributed by atoms with Crippen LogP contribution in [0.3, 0.4) is 0 Å². The smallest absolute Gasteiger partial charge is 0.200 e. The second kappa shape index (κ2) is 6.57. The van der Waals surface area contributed by atoms with Gasteiger partial charge in [-0.3, -0.25) is 0 Å². The Hall–Kier alpha value is -3.66. The van der Waals surface area contributed by atoms with E-state index in [-0.39, 0.29) is 0 Å². The molecule has 0 radical (unpaired) electrons. The van der Waals surface area contributed by atoms with Gasteiger partial charge in [0.25, 0.3) is 0 Å². The van der Waals surface area contributed by atoms with E-state index in [2.05, 4.69) is 34.3 Å². The number of rotatable bonds is 4. The van der Waals surface area contributed by atoms with Crippen LogP contribution in [0, 0.1) is 0 Å². The van der Waals surface area contributed by atoms with Crippen molar-refractivity contribution >= 4 is 11.1 Å². The molecule has 5 aromatic rings. The van der Waals surface area contributed by atoms with Crippen LogP contribution in [0.25, 0.3) is 28.0 Å². The van der Waals surface area contributed by atoms with Crippen LogP contribution in [0.1, 0.15) is 11.5 Å². The van der Waals surface area contributed by atoms with Crippen molar-refractivity contribution in [1.82, 2.24) is 14.8 Å². The molecule has 5 rings (SSSR count). The maximum atomic E-state index is 5.93. The van der Waals surface area contributed by atoms with Crippen molar-refractivity contribution in [3.05, 3.63) is 103 Å². The molecule has 2 aromatic heterocycles. The predicted octanol–water partition coefficient (Wildman–Crippen LogP) is 5.27. The topological polar surface area (TPSA) is 43.9 Å². The minimum atomic E-state index is 0.589. The van der Waals surface area contributed by atoms with Gasteiger partial charge in [0.2, 0.25) is 0 Å². The Morgan fingerprint density at radius 1 is 0.778 bits per heavy atom. The Bertz CT molecular complexity index is 1160. The van der Waals surface area contributed by atoms with E-state index in [1.807, 2.05) is 71.5 Å². The number of benzene rings is 3. The van der Waals surface area contributed by atoms with Gasteiger partial charge in [-0.25, -0.2) is 9.67 Å². The molecule has 0 amide bonds. The highest BCUT2D eigenvalue weighted by molar-refractivity contribution is 5.72. The van der Waals surface area contributed by atoms with Crippen LogP contribution >= 0.6 is 0 Å². The molecule has 0 aliphatic heterocycles. The monoisotopic (exact) mass is 351 g/mol. The summed E-state index contributed by atoms with van der Waals surface area (Å²) >= 11 is 0. The molecule has 0 N–H and O–H groups in total. The molecule has 130 valence electrons. The van der Waals surface area contributed by atoms with E-state index in [4.69, 9.17) is 4.42 Å². The quantitative estimate of drug-likeness (QED) is 0.443. The third kappa shape index (κ3) is 2.91. The van der Waals surface area contributed by atoms with E-state index >= 15 is 0 Å². The lowest BCUT2D eigenvalue weighted by Gasteiger charge is -2.09. The summed E-state index contributed by atoms with van der Waals surface area (Å²) in [5.74, 6) is 0.695. The van der Waals surface area contributed by atoms with Crippen molar-refractivity contribution in [3.63, 3.8) is 0 Å². The zero-order chi connectivity index (χ0) is 18.1. The number of hydrogen-bond donors (Lipinski definition) is 0. The Balaban J connectivity index is 1.63. The van der Waals surface area contributed by atoms with Crippen molar-refractivity contribution in [2.75, 3.05) is 0 Å². The minimum absolute atomic E-state index is 0.589. The van der Waals surface area contributed by atoms with Crippen LogP contribution < -0.4 is 0 Å². The number of oxazole rings is 1. The summed E-state index contributed by atoms with van der Waals surface area (Å²) < 4.78 is 7.91. The normalized spacial score (nSPS) is 11.1. The molecule has 0 spiro atoms. The molecule has 0 saturated heterocycles. The first-order valence-electron chi connectivity index (χ1n) is 8.91. The lowest BCUT2D eigenvalue weighted by Crippen LogP contribution is -2.00. The summed E-state index contributed by atoms with van der Waals surface area (Å²) in [6, 6.07) is 28.3. The number of para-hydroxylation sites is 3. The van der Waals surface area contributed by atoms with Gasteiger partial charge in [0, 0.05) is 11.1 Å². The SMILES string of the molecule is c1ccc(-c2c(Cc3nc4ccccc4o3)cnn2-c2ccccc2)cc1. The standard InChI is InChI=1S/C23H17N3O/c1-3-9-17(10-4-1)23-18(16-24-26(23)19-11-5-2-6-12-19)15-22-25-20-13-7-8-14-21(20)27-22/h1-14,16H,15H2. The fourth-order valence-corrected chi connectivity index (χ4v) is 3.34. The Labute approximate surface area is 156 Å². The highest BCUT2D eigenvalue weighted by atomic mass is 16.3. The Morgan fingerprint density at radius 2 is 1.48 bits per heavy atom. The molecule has 0 bridgehead atoms. The van der Waals surface area contributed by atoms with Gasteiger partial charge in [-0.1, -0.05) is 60.7 Å². The number of fused-ring (bicyclic) bond motifs is 1. The molecule has 0 saturated carbocycles. The molecule has 4 heteroatoms. The molecular weight excluding hydrogens is 334 g/mol. The molecule has 3 aromatic carbocycles. The highest BCUT2D eigenvalue weighted by Crippen LogP contribution is 2.29. The molecule has 0 aliphatic rings. The van der Waals surface area contributed by atoms with Gasteiger partial charge in [-0.2, -0.15) is 5.10 Å². The zero-order valence-electron chi connectivity index (χ0n) is 14.6. The molecule has 0 fully saturated rings. The maximum absolute atomic E-state index is 5.93. The van der Waals surface area contributed by atoms with Gasteiger partial charge in [0.15, 0.2) is 11.5 Å². The van der Waals surface area contributed by atoms with Gasteiger partial charge in [-0.05, 0) is 24.3 Å². The van der Waals surface area contributed by atoms with Gasteiger partial charge in [-0.15, -0.1) is 0 Å². The summed E-state index contributed by atoms with van der Waals surface area (Å²) in [7, 11) is 0. The summed E-state index contributed by atoms with van der Waals surface area (Å²) in [4.78, 5) is 4.62. The van der Waals surface area contributed by atoms with Crippen molar-refractivity contribution < 1.29 is 4.42 Å². The first kappa shape index (κ1) is 15.6. The van der Waals surface area contributed by atoms with Crippen molar-refractivity contribution in [1.29, 1.82) is 0 Å². The minimum Gasteiger partial charge on any atom is -0.440 e. The Morgan fingerprint density at radius 3 is 2.26 bits per heavy atom.